The number of anilines is 1. The minimum absolute atomic E-state index is 0.0671. The van der Waals surface area contributed by atoms with Gasteiger partial charge in [-0.3, -0.25) is 4.79 Å². The first-order valence-corrected chi connectivity index (χ1v) is 12.1. The highest BCUT2D eigenvalue weighted by Gasteiger charge is 2.37. The summed E-state index contributed by atoms with van der Waals surface area (Å²) in [6, 6.07) is 9.68. The van der Waals surface area contributed by atoms with Gasteiger partial charge in [0, 0.05) is 30.2 Å². The number of thiophene rings is 1. The van der Waals surface area contributed by atoms with E-state index in [0.29, 0.717) is 23.7 Å². The van der Waals surface area contributed by atoms with Crippen molar-refractivity contribution in [3.63, 3.8) is 0 Å². The highest BCUT2D eigenvalue weighted by atomic mass is 32.2. The molecule has 1 saturated heterocycles. The first kappa shape index (κ1) is 19.6. The summed E-state index contributed by atoms with van der Waals surface area (Å²) in [6.07, 6.45) is 3.40. The van der Waals surface area contributed by atoms with E-state index in [4.69, 9.17) is 0 Å². The van der Waals surface area contributed by atoms with Crippen molar-refractivity contribution in [2.45, 2.75) is 43.7 Å². The van der Waals surface area contributed by atoms with Gasteiger partial charge < -0.3 is 4.90 Å². The molecule has 1 unspecified atom stereocenters. The summed E-state index contributed by atoms with van der Waals surface area (Å²) in [6.45, 7) is 5.42. The van der Waals surface area contributed by atoms with Crippen molar-refractivity contribution in [1.82, 2.24) is 4.31 Å². The topological polar surface area (TPSA) is 57.7 Å². The van der Waals surface area contributed by atoms with Gasteiger partial charge in [-0.1, -0.05) is 18.2 Å². The Morgan fingerprint density at radius 3 is 2.68 bits per heavy atom. The predicted molar refractivity (Wildman–Crippen MR) is 112 cm³/mol. The number of carbonyl (C=O) groups is 1. The summed E-state index contributed by atoms with van der Waals surface area (Å²) in [5.74, 6) is -0.215. The molecule has 150 valence electrons. The fourth-order valence-corrected chi connectivity index (χ4v) is 7.29. The van der Waals surface area contributed by atoms with Crippen LogP contribution in [0.4, 0.5) is 5.69 Å². The van der Waals surface area contributed by atoms with Crippen LogP contribution in [-0.2, 0) is 21.2 Å². The van der Waals surface area contributed by atoms with Gasteiger partial charge in [-0.25, -0.2) is 8.42 Å². The smallest absolute Gasteiger partial charge is 0.252 e. The van der Waals surface area contributed by atoms with E-state index >= 15 is 0 Å². The van der Waals surface area contributed by atoms with E-state index in [2.05, 4.69) is 6.07 Å². The van der Waals surface area contributed by atoms with Crippen molar-refractivity contribution < 1.29 is 13.2 Å². The normalized spacial score (nSPS) is 20.8. The van der Waals surface area contributed by atoms with Crippen LogP contribution < -0.4 is 4.90 Å². The van der Waals surface area contributed by atoms with Gasteiger partial charge in [0.2, 0.25) is 5.91 Å². The molecule has 0 aliphatic carbocycles. The molecule has 1 atom stereocenters. The number of hydrogen-bond donors (Lipinski definition) is 0. The molecule has 1 aromatic carbocycles. The lowest BCUT2D eigenvalue weighted by atomic mass is 9.93. The number of aryl methyl sites for hydroxylation is 3. The summed E-state index contributed by atoms with van der Waals surface area (Å²) in [7, 11) is -3.53. The van der Waals surface area contributed by atoms with Crippen molar-refractivity contribution in [2.24, 2.45) is 5.92 Å². The zero-order chi connectivity index (χ0) is 19.9. The van der Waals surface area contributed by atoms with Crippen molar-refractivity contribution in [1.29, 1.82) is 0 Å². The van der Waals surface area contributed by atoms with E-state index in [1.165, 1.54) is 21.2 Å². The summed E-state index contributed by atoms with van der Waals surface area (Å²) in [5, 5.41) is 0. The molecule has 0 spiro atoms. The van der Waals surface area contributed by atoms with Gasteiger partial charge in [0.15, 0.2) is 0 Å². The summed E-state index contributed by atoms with van der Waals surface area (Å²) >= 11 is 1.29. The molecule has 0 bridgehead atoms. The molecule has 0 saturated carbocycles. The van der Waals surface area contributed by atoms with E-state index in [1.54, 1.807) is 6.07 Å². The van der Waals surface area contributed by atoms with Gasteiger partial charge in [0.05, 0.1) is 5.92 Å². The van der Waals surface area contributed by atoms with Crippen molar-refractivity contribution >= 4 is 33.0 Å². The molecule has 1 fully saturated rings. The van der Waals surface area contributed by atoms with Crippen molar-refractivity contribution in [3.8, 4) is 0 Å². The highest BCUT2D eigenvalue weighted by molar-refractivity contribution is 7.91. The number of para-hydroxylation sites is 1. The van der Waals surface area contributed by atoms with E-state index in [0.717, 1.165) is 35.4 Å². The molecule has 28 heavy (non-hydrogen) atoms. The number of rotatable bonds is 3. The summed E-state index contributed by atoms with van der Waals surface area (Å²) in [4.78, 5) is 16.3. The van der Waals surface area contributed by atoms with E-state index in [-0.39, 0.29) is 18.4 Å². The van der Waals surface area contributed by atoms with Crippen LogP contribution >= 0.6 is 11.3 Å². The minimum Gasteiger partial charge on any atom is -0.312 e. The Morgan fingerprint density at radius 1 is 1.11 bits per heavy atom. The number of piperidine rings is 1. The first-order valence-electron chi connectivity index (χ1n) is 9.84. The second kappa shape index (κ2) is 7.61. The third kappa shape index (κ3) is 3.51. The van der Waals surface area contributed by atoms with Gasteiger partial charge in [0.1, 0.15) is 4.21 Å². The second-order valence-corrected chi connectivity index (χ2v) is 11.2. The molecule has 3 heterocycles. The van der Waals surface area contributed by atoms with Crippen LogP contribution in [-0.4, -0.2) is 38.3 Å². The number of sulfonamides is 1. The Balaban J connectivity index is 1.57. The number of nitrogens with zero attached hydrogens (tertiary/aromatic N) is 2. The Hall–Kier alpha value is -1.70. The lowest BCUT2D eigenvalue weighted by Gasteiger charge is -2.37. The van der Waals surface area contributed by atoms with Gasteiger partial charge in [-0.2, -0.15) is 4.31 Å². The zero-order valence-electron chi connectivity index (χ0n) is 16.3. The molecule has 2 aliphatic rings. The van der Waals surface area contributed by atoms with Gasteiger partial charge in [0.25, 0.3) is 10.0 Å². The summed E-state index contributed by atoms with van der Waals surface area (Å²) < 4.78 is 27.9. The van der Waals surface area contributed by atoms with Crippen LogP contribution in [0.15, 0.2) is 34.5 Å². The van der Waals surface area contributed by atoms with Gasteiger partial charge >= 0.3 is 0 Å². The molecule has 1 aromatic heterocycles. The molecule has 1 amide bonds. The van der Waals surface area contributed by atoms with E-state index in [1.807, 2.05) is 36.9 Å². The molecule has 0 N–H and O–H groups in total. The van der Waals surface area contributed by atoms with Crippen LogP contribution in [0.3, 0.4) is 0 Å². The Kier molecular flexibility index (Phi) is 5.33. The SMILES string of the molecule is Cc1ccc(S(=O)(=O)N2CCCC(C(=O)N3CCCc4cccc(C)c43)C2)s1. The third-order valence-electron chi connectivity index (χ3n) is 5.73. The Morgan fingerprint density at radius 2 is 1.93 bits per heavy atom. The fourth-order valence-electron chi connectivity index (χ4n) is 4.33. The molecule has 2 aliphatic heterocycles. The molecular formula is C21H26N2O3S2. The van der Waals surface area contributed by atoms with Gasteiger partial charge in [-0.05, 0) is 62.8 Å². The molecular weight excluding hydrogens is 392 g/mol. The molecule has 0 radical (unpaired) electrons. The Labute approximate surface area is 171 Å². The summed E-state index contributed by atoms with van der Waals surface area (Å²) in [5.41, 5.74) is 3.36. The van der Waals surface area contributed by atoms with E-state index < -0.39 is 10.0 Å². The number of fused-ring (bicyclic) bond motifs is 1. The maximum Gasteiger partial charge on any atom is 0.252 e. The van der Waals surface area contributed by atoms with Crippen LogP contribution in [0.2, 0.25) is 0 Å². The average molecular weight is 419 g/mol. The van der Waals surface area contributed by atoms with Crippen molar-refractivity contribution in [2.75, 3.05) is 24.5 Å². The standard InChI is InChI=1S/C21H26N2O3S2/c1-15-6-3-7-17-8-5-13-23(20(15)17)21(24)18-9-4-12-22(14-18)28(25,26)19-11-10-16(2)27-19/h3,6-7,10-11,18H,4-5,8-9,12-14H2,1-2H3. The lowest BCUT2D eigenvalue weighted by molar-refractivity contribution is -0.123. The number of amides is 1. The van der Waals surface area contributed by atoms with Crippen molar-refractivity contribution in [3.05, 3.63) is 46.3 Å². The Bertz CT molecular complexity index is 997. The fraction of sp³-hybridized carbons (Fsp3) is 0.476. The maximum absolute atomic E-state index is 13.4. The third-order valence-corrected chi connectivity index (χ3v) is 9.06. The largest absolute Gasteiger partial charge is 0.312 e. The van der Waals surface area contributed by atoms with Crippen LogP contribution in [0.25, 0.3) is 0 Å². The van der Waals surface area contributed by atoms with Gasteiger partial charge in [-0.15, -0.1) is 11.3 Å². The zero-order valence-corrected chi connectivity index (χ0v) is 18.0. The second-order valence-electron chi connectivity index (χ2n) is 7.74. The number of benzene rings is 1. The molecule has 4 rings (SSSR count). The number of hydrogen-bond acceptors (Lipinski definition) is 4. The number of carbonyl (C=O) groups excluding carboxylic acids is 1. The van der Waals surface area contributed by atoms with Crippen LogP contribution in [0.5, 0.6) is 0 Å². The molecule has 2 aromatic rings. The molecule has 7 heteroatoms. The highest BCUT2D eigenvalue weighted by Crippen LogP contribution is 2.34. The quantitative estimate of drug-likeness (QED) is 0.763. The minimum atomic E-state index is -3.53. The van der Waals surface area contributed by atoms with Crippen LogP contribution in [0, 0.1) is 19.8 Å². The van der Waals surface area contributed by atoms with Crippen LogP contribution in [0.1, 0.15) is 35.3 Å². The monoisotopic (exact) mass is 418 g/mol. The molecule has 5 nitrogen and oxygen atoms in total. The lowest BCUT2D eigenvalue weighted by Crippen LogP contribution is -2.48. The van der Waals surface area contributed by atoms with E-state index in [9.17, 15) is 13.2 Å². The maximum atomic E-state index is 13.4. The predicted octanol–water partition coefficient (Wildman–Crippen LogP) is 3.75. The first-order chi connectivity index (χ1) is 13.4. The average Bonchev–Trinajstić information content (AvgIpc) is 3.14.